The third kappa shape index (κ3) is 4.08. The number of alkyl halides is 2. The van der Waals surface area contributed by atoms with Gasteiger partial charge in [-0.15, -0.1) is 0 Å². The fraction of sp³-hybridized carbons (Fsp3) is 0.381. The first-order valence-electron chi connectivity index (χ1n) is 9.88. The Hall–Kier alpha value is -2.75. The summed E-state index contributed by atoms with van der Waals surface area (Å²) in [6, 6.07) is 8.80. The summed E-state index contributed by atoms with van der Waals surface area (Å²) in [5.74, 6) is -5.57. The number of anilines is 1. The van der Waals surface area contributed by atoms with Crippen LogP contribution in [0.5, 0.6) is 5.75 Å². The minimum absolute atomic E-state index is 0.0685. The Morgan fingerprint density at radius 1 is 1.23 bits per heavy atom. The molecule has 4 rings (SSSR count). The number of phenols is 1. The molecule has 0 radical (unpaired) electrons. The van der Waals surface area contributed by atoms with Gasteiger partial charge in [0.25, 0.3) is 11.8 Å². The highest BCUT2D eigenvalue weighted by Crippen LogP contribution is 2.42. The molecule has 0 saturated carbocycles. The van der Waals surface area contributed by atoms with Crippen LogP contribution < -0.4 is 9.03 Å². The quantitative estimate of drug-likeness (QED) is 0.725. The summed E-state index contributed by atoms with van der Waals surface area (Å²) in [5.41, 5.74) is 0.0516. The second kappa shape index (κ2) is 7.74. The van der Waals surface area contributed by atoms with E-state index in [9.17, 15) is 27.1 Å². The first-order chi connectivity index (χ1) is 14.6. The molecule has 1 aliphatic heterocycles. The van der Waals surface area contributed by atoms with Crippen molar-refractivity contribution in [1.82, 2.24) is 4.72 Å². The molecule has 10 heteroatoms. The SMILES string of the molecule is O=C1CN(c2c(O)cc3c(c2F)CC(CCC(F)(F)c2ccccc2)CC3)S(=O)(=O)N1. The third-order valence-electron chi connectivity index (χ3n) is 5.86. The van der Waals surface area contributed by atoms with Crippen LogP contribution in [0.3, 0.4) is 0 Å². The van der Waals surface area contributed by atoms with Gasteiger partial charge in [0.1, 0.15) is 18.0 Å². The molecule has 1 unspecified atom stereocenters. The van der Waals surface area contributed by atoms with Gasteiger partial charge in [-0.05, 0) is 48.8 Å². The molecule has 1 aliphatic carbocycles. The van der Waals surface area contributed by atoms with E-state index >= 15 is 4.39 Å². The van der Waals surface area contributed by atoms with Crippen molar-refractivity contribution < 1.29 is 31.5 Å². The Kier molecular flexibility index (Phi) is 5.36. The molecule has 1 atom stereocenters. The number of nitrogens with zero attached hydrogens (tertiary/aromatic N) is 1. The number of benzene rings is 2. The average Bonchev–Trinajstić information content (AvgIpc) is 2.99. The van der Waals surface area contributed by atoms with Crippen LogP contribution in [0.25, 0.3) is 0 Å². The molecule has 2 aromatic rings. The zero-order valence-electron chi connectivity index (χ0n) is 16.4. The molecule has 2 N–H and O–H groups in total. The number of fused-ring (bicyclic) bond motifs is 1. The van der Waals surface area contributed by atoms with Crippen molar-refractivity contribution in [2.45, 2.75) is 38.0 Å². The maximum atomic E-state index is 15.3. The molecule has 0 bridgehead atoms. The number of phenolic OH excluding ortho intramolecular Hbond substituents is 1. The topological polar surface area (TPSA) is 86.7 Å². The summed E-state index contributed by atoms with van der Waals surface area (Å²) in [7, 11) is -4.30. The molecular weight excluding hydrogens is 433 g/mol. The predicted molar refractivity (Wildman–Crippen MR) is 108 cm³/mol. The van der Waals surface area contributed by atoms with Gasteiger partial charge in [0.05, 0.1) is 0 Å². The van der Waals surface area contributed by atoms with E-state index in [-0.39, 0.29) is 36.3 Å². The van der Waals surface area contributed by atoms with E-state index in [0.717, 1.165) is 0 Å². The van der Waals surface area contributed by atoms with E-state index in [1.807, 2.05) is 0 Å². The summed E-state index contributed by atoms with van der Waals surface area (Å²) < 4.78 is 70.7. The number of amides is 1. The predicted octanol–water partition coefficient (Wildman–Crippen LogP) is 3.39. The summed E-state index contributed by atoms with van der Waals surface area (Å²) in [4.78, 5) is 11.5. The minimum Gasteiger partial charge on any atom is -0.506 e. The largest absolute Gasteiger partial charge is 0.506 e. The number of aryl methyl sites for hydroxylation is 1. The number of hydrogen-bond acceptors (Lipinski definition) is 4. The Labute approximate surface area is 177 Å². The summed E-state index contributed by atoms with van der Waals surface area (Å²) in [6.07, 6.45) is 0.861. The molecule has 1 fully saturated rings. The fourth-order valence-corrected chi connectivity index (χ4v) is 5.42. The number of aromatic hydroxyl groups is 1. The zero-order valence-corrected chi connectivity index (χ0v) is 17.3. The first-order valence-corrected chi connectivity index (χ1v) is 11.3. The van der Waals surface area contributed by atoms with E-state index in [0.29, 0.717) is 22.7 Å². The molecule has 6 nitrogen and oxygen atoms in total. The lowest BCUT2D eigenvalue weighted by Crippen LogP contribution is -2.31. The zero-order chi connectivity index (χ0) is 22.4. The van der Waals surface area contributed by atoms with Crippen LogP contribution in [0, 0.1) is 11.7 Å². The van der Waals surface area contributed by atoms with Crippen molar-refractivity contribution in [1.29, 1.82) is 0 Å². The molecule has 1 heterocycles. The van der Waals surface area contributed by atoms with Gasteiger partial charge in [0.15, 0.2) is 5.82 Å². The Bertz CT molecular complexity index is 1120. The molecule has 0 aromatic heterocycles. The van der Waals surface area contributed by atoms with Crippen molar-refractivity contribution in [3.8, 4) is 5.75 Å². The smallest absolute Gasteiger partial charge is 0.326 e. The second-order valence-electron chi connectivity index (χ2n) is 7.95. The molecule has 0 spiro atoms. The van der Waals surface area contributed by atoms with Crippen molar-refractivity contribution >= 4 is 21.8 Å². The number of hydrogen-bond donors (Lipinski definition) is 2. The van der Waals surface area contributed by atoms with Gasteiger partial charge in [-0.2, -0.15) is 8.42 Å². The van der Waals surface area contributed by atoms with Crippen molar-refractivity contribution in [2.24, 2.45) is 5.92 Å². The Balaban J connectivity index is 1.56. The molecule has 31 heavy (non-hydrogen) atoms. The monoisotopic (exact) mass is 454 g/mol. The molecule has 1 amide bonds. The summed E-state index contributed by atoms with van der Waals surface area (Å²) in [5, 5.41) is 10.2. The van der Waals surface area contributed by atoms with Crippen LogP contribution in [0.4, 0.5) is 18.9 Å². The standard InChI is InChI=1S/C21H21F3N2O4S/c22-19-16-10-13(8-9-21(23,24)15-4-2-1-3-5-15)6-7-14(16)11-17(27)20(19)26-12-18(28)25-31(26,29)30/h1-5,11,13,27H,6-10,12H2,(H,25,28). The minimum atomic E-state index is -4.30. The second-order valence-corrected chi connectivity index (χ2v) is 9.55. The van der Waals surface area contributed by atoms with Gasteiger partial charge in [0, 0.05) is 12.0 Å². The van der Waals surface area contributed by atoms with Gasteiger partial charge in [-0.25, -0.2) is 22.2 Å². The number of carbonyl (C=O) groups is 1. The highest BCUT2D eigenvalue weighted by molar-refractivity contribution is 7.92. The molecule has 1 saturated heterocycles. The molecular formula is C21H21F3N2O4S. The van der Waals surface area contributed by atoms with E-state index in [2.05, 4.69) is 0 Å². The van der Waals surface area contributed by atoms with Crippen LogP contribution in [-0.2, 0) is 33.8 Å². The summed E-state index contributed by atoms with van der Waals surface area (Å²) >= 11 is 0. The molecule has 166 valence electrons. The van der Waals surface area contributed by atoms with Crippen LogP contribution in [0.15, 0.2) is 36.4 Å². The van der Waals surface area contributed by atoms with Crippen LogP contribution in [0.1, 0.15) is 36.0 Å². The van der Waals surface area contributed by atoms with E-state index < -0.39 is 45.8 Å². The highest BCUT2D eigenvalue weighted by atomic mass is 32.2. The van der Waals surface area contributed by atoms with Gasteiger partial charge in [-0.1, -0.05) is 30.3 Å². The number of nitrogens with one attached hydrogen (secondary N) is 1. The lowest BCUT2D eigenvalue weighted by Gasteiger charge is -2.28. The van der Waals surface area contributed by atoms with Gasteiger partial charge in [-0.3, -0.25) is 4.79 Å². The van der Waals surface area contributed by atoms with Crippen molar-refractivity contribution in [2.75, 3.05) is 10.8 Å². The normalized spacial score (nSPS) is 20.4. The third-order valence-corrected chi connectivity index (χ3v) is 7.24. The molecule has 2 aliphatic rings. The van der Waals surface area contributed by atoms with Gasteiger partial charge in [0.2, 0.25) is 0 Å². The lowest BCUT2D eigenvalue weighted by atomic mass is 9.80. The number of halogens is 3. The highest BCUT2D eigenvalue weighted by Gasteiger charge is 2.39. The average molecular weight is 454 g/mol. The maximum Gasteiger partial charge on any atom is 0.326 e. The van der Waals surface area contributed by atoms with Gasteiger partial charge < -0.3 is 5.11 Å². The number of carbonyl (C=O) groups excluding carboxylic acids is 1. The molecule has 2 aromatic carbocycles. The van der Waals surface area contributed by atoms with Gasteiger partial charge >= 0.3 is 10.2 Å². The Morgan fingerprint density at radius 2 is 1.94 bits per heavy atom. The van der Waals surface area contributed by atoms with E-state index in [1.54, 1.807) is 22.9 Å². The fourth-order valence-electron chi connectivity index (χ4n) is 4.25. The summed E-state index contributed by atoms with van der Waals surface area (Å²) in [6.45, 7) is -0.641. The van der Waals surface area contributed by atoms with Crippen molar-refractivity contribution in [3.63, 3.8) is 0 Å². The maximum absolute atomic E-state index is 15.3. The first kappa shape index (κ1) is 21.5. The number of rotatable bonds is 5. The van der Waals surface area contributed by atoms with Crippen LogP contribution >= 0.6 is 0 Å². The Morgan fingerprint density at radius 3 is 2.58 bits per heavy atom. The lowest BCUT2D eigenvalue weighted by molar-refractivity contribution is -0.117. The van der Waals surface area contributed by atoms with Crippen LogP contribution in [0.2, 0.25) is 0 Å². The van der Waals surface area contributed by atoms with Crippen LogP contribution in [-0.4, -0.2) is 26.0 Å². The van der Waals surface area contributed by atoms with Crippen molar-refractivity contribution in [3.05, 3.63) is 58.9 Å². The van der Waals surface area contributed by atoms with E-state index in [1.165, 1.54) is 18.2 Å². The van der Waals surface area contributed by atoms with E-state index in [4.69, 9.17) is 0 Å².